The predicted molar refractivity (Wildman–Crippen MR) is 180 cm³/mol. The van der Waals surface area contributed by atoms with Crippen molar-refractivity contribution in [2.24, 2.45) is 0 Å². The third-order valence-electron chi connectivity index (χ3n) is 8.35. The Kier molecular flexibility index (Phi) is 8.28. The second kappa shape index (κ2) is 12.4. The van der Waals surface area contributed by atoms with Crippen LogP contribution in [0.5, 0.6) is 0 Å². The van der Waals surface area contributed by atoms with Crippen molar-refractivity contribution in [2.75, 3.05) is 0 Å². The molecule has 0 radical (unpaired) electrons. The molecule has 7 rings (SSSR count). The Hall–Kier alpha value is -5.04. The van der Waals surface area contributed by atoms with Crippen LogP contribution in [0.4, 0.5) is 35.1 Å². The molecule has 7 aromatic carbocycles. The fourth-order valence-electron chi connectivity index (χ4n) is 6.46. The van der Waals surface area contributed by atoms with Gasteiger partial charge in [-0.1, -0.05) is 48.5 Å². The molecule has 0 saturated heterocycles. The van der Waals surface area contributed by atoms with Gasteiger partial charge in [-0.25, -0.2) is 35.1 Å². The highest BCUT2D eigenvalue weighted by atomic mass is 31.2. The number of hydrogen-bond donors (Lipinski definition) is 0. The first-order chi connectivity index (χ1) is 23.8. The second-order valence-electron chi connectivity index (χ2n) is 11.5. The van der Waals surface area contributed by atoms with E-state index in [4.69, 9.17) is 0 Å². The van der Waals surface area contributed by atoms with Crippen molar-refractivity contribution in [1.82, 2.24) is 0 Å². The number of halogens is 8. The summed E-state index contributed by atoms with van der Waals surface area (Å²) in [6.45, 7) is 0. The van der Waals surface area contributed by atoms with Crippen LogP contribution in [0.15, 0.2) is 121 Å². The molecule has 0 aromatic heterocycles. The standard InChI is InChI=1S/C38H20F8O2P2/c39-21-9-22(40)14-29(13-21)49(47,30-15-23(41)10-24(42)16-30)37-33-5-1-2-6-34(33)38(36-8-4-3-7-35(36)37)50(48,31-17-25(43)11-26(44)18-31)32-19-27(45)12-28(46)20-32/h1-20H. The summed E-state index contributed by atoms with van der Waals surface area (Å²) in [4.78, 5) is 0. The summed E-state index contributed by atoms with van der Waals surface area (Å²) in [7, 11) is -9.42. The summed E-state index contributed by atoms with van der Waals surface area (Å²) in [6.07, 6.45) is 0. The maximum atomic E-state index is 15.8. The van der Waals surface area contributed by atoms with Crippen LogP contribution >= 0.6 is 14.3 Å². The topological polar surface area (TPSA) is 34.1 Å². The molecule has 0 fully saturated rings. The van der Waals surface area contributed by atoms with Crippen LogP contribution in [0.3, 0.4) is 0 Å². The van der Waals surface area contributed by atoms with Gasteiger partial charge in [0.1, 0.15) is 46.5 Å². The van der Waals surface area contributed by atoms with Gasteiger partial charge in [0, 0.05) is 56.1 Å². The lowest BCUT2D eigenvalue weighted by molar-refractivity contribution is 0.577. The largest absolute Gasteiger partial charge is 0.309 e. The highest BCUT2D eigenvalue weighted by molar-refractivity contribution is 7.87. The molecule has 250 valence electrons. The highest BCUT2D eigenvalue weighted by Gasteiger charge is 2.40. The van der Waals surface area contributed by atoms with Gasteiger partial charge >= 0.3 is 0 Å². The van der Waals surface area contributed by atoms with Crippen LogP contribution in [-0.4, -0.2) is 0 Å². The third-order valence-corrected chi connectivity index (χ3v) is 14.5. The molecule has 0 spiro atoms. The minimum atomic E-state index is -4.71. The molecule has 0 aliphatic carbocycles. The van der Waals surface area contributed by atoms with Gasteiger partial charge in [-0.05, 0) is 70.1 Å². The molecule has 0 saturated carbocycles. The molecule has 7 aromatic rings. The molecular formula is C38H20F8O2P2. The molecular weight excluding hydrogens is 702 g/mol. The summed E-state index contributed by atoms with van der Waals surface area (Å²) < 4.78 is 150. The van der Waals surface area contributed by atoms with Gasteiger partial charge < -0.3 is 9.13 Å². The van der Waals surface area contributed by atoms with Crippen molar-refractivity contribution in [2.45, 2.75) is 0 Å². The van der Waals surface area contributed by atoms with Gasteiger partial charge in [-0.15, -0.1) is 0 Å². The monoisotopic (exact) mass is 722 g/mol. The van der Waals surface area contributed by atoms with Crippen molar-refractivity contribution >= 4 is 67.7 Å². The zero-order valence-electron chi connectivity index (χ0n) is 25.3. The summed E-state index contributed by atoms with van der Waals surface area (Å²) in [5.41, 5.74) is 0. The van der Waals surface area contributed by atoms with Crippen LogP contribution in [0, 0.1) is 46.5 Å². The molecule has 0 heterocycles. The summed E-state index contributed by atoms with van der Waals surface area (Å²) >= 11 is 0. The predicted octanol–water partition coefficient (Wildman–Crippen LogP) is 8.38. The maximum Gasteiger partial charge on any atom is 0.172 e. The molecule has 0 N–H and O–H groups in total. The molecule has 0 bridgehead atoms. The van der Waals surface area contributed by atoms with E-state index in [1.807, 2.05) is 0 Å². The van der Waals surface area contributed by atoms with E-state index in [2.05, 4.69) is 0 Å². The van der Waals surface area contributed by atoms with Crippen LogP contribution in [0.1, 0.15) is 0 Å². The van der Waals surface area contributed by atoms with Crippen LogP contribution in [-0.2, 0) is 9.13 Å². The number of hydrogen-bond acceptors (Lipinski definition) is 2. The Morgan fingerprint density at radius 1 is 0.300 bits per heavy atom. The Morgan fingerprint density at radius 2 is 0.480 bits per heavy atom. The van der Waals surface area contributed by atoms with Gasteiger partial charge in [0.05, 0.1) is 0 Å². The Balaban J connectivity index is 1.73. The zero-order chi connectivity index (χ0) is 35.5. The number of fused-ring (bicyclic) bond motifs is 2. The quantitative estimate of drug-likeness (QED) is 0.0983. The highest BCUT2D eigenvalue weighted by Crippen LogP contribution is 2.51. The van der Waals surface area contributed by atoms with Crippen molar-refractivity contribution in [3.8, 4) is 0 Å². The maximum absolute atomic E-state index is 15.8. The fourth-order valence-corrected chi connectivity index (χ4v) is 12.7. The molecule has 0 aliphatic rings. The smallest absolute Gasteiger partial charge is 0.172 e. The minimum Gasteiger partial charge on any atom is -0.309 e. The van der Waals surface area contributed by atoms with E-state index in [9.17, 15) is 35.1 Å². The van der Waals surface area contributed by atoms with E-state index < -0.39 is 82.0 Å². The average molecular weight is 723 g/mol. The van der Waals surface area contributed by atoms with Gasteiger partial charge in [0.25, 0.3) is 0 Å². The van der Waals surface area contributed by atoms with Gasteiger partial charge in [0.2, 0.25) is 0 Å². The number of rotatable bonds is 6. The molecule has 2 nitrogen and oxygen atoms in total. The lowest BCUT2D eigenvalue weighted by Crippen LogP contribution is -2.32. The second-order valence-corrected chi connectivity index (χ2v) is 16.9. The van der Waals surface area contributed by atoms with E-state index in [0.29, 0.717) is 24.3 Å². The van der Waals surface area contributed by atoms with E-state index in [1.165, 1.54) is 48.5 Å². The Morgan fingerprint density at radius 3 is 0.660 bits per heavy atom. The van der Waals surface area contributed by atoms with Crippen molar-refractivity contribution < 1.29 is 44.3 Å². The lowest BCUT2D eigenvalue weighted by Gasteiger charge is -2.28. The third kappa shape index (κ3) is 5.53. The first-order valence-corrected chi connectivity index (χ1v) is 18.2. The van der Waals surface area contributed by atoms with E-state index >= 15 is 9.13 Å². The average Bonchev–Trinajstić information content (AvgIpc) is 3.04. The summed E-state index contributed by atoms with van der Waals surface area (Å²) in [5, 5.41) is -2.16. The molecule has 50 heavy (non-hydrogen) atoms. The minimum absolute atomic E-state index is 0.00727. The normalized spacial score (nSPS) is 12.2. The summed E-state index contributed by atoms with van der Waals surface area (Å²) in [5.74, 6) is -9.05. The van der Waals surface area contributed by atoms with Crippen molar-refractivity contribution in [3.05, 3.63) is 168 Å². The molecule has 0 unspecified atom stereocenters. The van der Waals surface area contributed by atoms with E-state index in [1.54, 1.807) is 0 Å². The Labute approximate surface area is 279 Å². The van der Waals surface area contributed by atoms with Gasteiger partial charge in [-0.3, -0.25) is 0 Å². The molecule has 0 aliphatic heterocycles. The SMILES string of the molecule is O=P(c1cc(F)cc(F)c1)(c1cc(F)cc(F)c1)c1c2ccccc2c(P(=O)(c2cc(F)cc(F)c2)c2cc(F)cc(F)c2)c2ccccc12. The van der Waals surface area contributed by atoms with Crippen molar-refractivity contribution in [3.63, 3.8) is 0 Å². The van der Waals surface area contributed by atoms with E-state index in [0.717, 1.165) is 48.5 Å². The van der Waals surface area contributed by atoms with Crippen LogP contribution in [0.25, 0.3) is 21.5 Å². The van der Waals surface area contributed by atoms with Gasteiger partial charge in [-0.2, -0.15) is 0 Å². The summed E-state index contributed by atoms with van der Waals surface area (Å²) in [6, 6.07) is 20.0. The lowest BCUT2D eigenvalue weighted by atomic mass is 10.0. The van der Waals surface area contributed by atoms with Crippen molar-refractivity contribution in [1.29, 1.82) is 0 Å². The zero-order valence-corrected chi connectivity index (χ0v) is 27.1. The van der Waals surface area contributed by atoms with Gasteiger partial charge in [0.15, 0.2) is 14.3 Å². The molecule has 0 atom stereocenters. The Bertz CT molecular complexity index is 2200. The fraction of sp³-hybridized carbons (Fsp3) is 0. The van der Waals surface area contributed by atoms with Crippen LogP contribution < -0.4 is 31.8 Å². The molecule has 12 heteroatoms. The number of benzene rings is 7. The van der Waals surface area contributed by atoms with E-state index in [-0.39, 0.29) is 32.2 Å². The van der Waals surface area contributed by atoms with Crippen LogP contribution in [0.2, 0.25) is 0 Å². The first-order valence-electron chi connectivity index (χ1n) is 14.8. The molecule has 0 amide bonds. The first kappa shape index (κ1) is 33.5.